The number of hydrogen-bond acceptors (Lipinski definition) is 7. The number of methoxy groups -OCH3 is 1. The number of rotatable bonds is 6. The van der Waals surface area contributed by atoms with Gasteiger partial charge in [0.25, 0.3) is 11.6 Å². The average molecular weight is 472 g/mol. The summed E-state index contributed by atoms with van der Waals surface area (Å²) in [5.74, 6) is 0.689. The van der Waals surface area contributed by atoms with Crippen LogP contribution < -0.4 is 10.1 Å². The fourth-order valence-corrected chi connectivity index (χ4v) is 3.63. The number of anilines is 1. The van der Waals surface area contributed by atoms with E-state index >= 15 is 0 Å². The monoisotopic (exact) mass is 471 g/mol. The van der Waals surface area contributed by atoms with Crippen molar-refractivity contribution in [1.29, 1.82) is 0 Å². The molecule has 0 aliphatic heterocycles. The summed E-state index contributed by atoms with van der Waals surface area (Å²) in [6.07, 6.45) is 0. The Bertz CT molecular complexity index is 1250. The molecule has 32 heavy (non-hydrogen) atoms. The van der Waals surface area contributed by atoms with Crippen molar-refractivity contribution in [3.63, 3.8) is 0 Å². The molecule has 0 saturated heterocycles. The molecule has 2 aromatic heterocycles. The molecule has 0 bridgehead atoms. The molecule has 2 aromatic carbocycles. The molecular formula is C21H18ClN5O4S. The van der Waals surface area contributed by atoms with Gasteiger partial charge in [0, 0.05) is 28.6 Å². The summed E-state index contributed by atoms with van der Waals surface area (Å²) in [5, 5.41) is 16.0. The van der Waals surface area contributed by atoms with Gasteiger partial charge >= 0.3 is 0 Å². The lowest BCUT2D eigenvalue weighted by Gasteiger charge is -2.04. The van der Waals surface area contributed by atoms with Gasteiger partial charge in [0.1, 0.15) is 11.6 Å². The summed E-state index contributed by atoms with van der Waals surface area (Å²) < 4.78 is 5.20. The molecule has 2 heterocycles. The fourth-order valence-electron chi connectivity index (χ4n) is 2.95. The van der Waals surface area contributed by atoms with Crippen molar-refractivity contribution in [2.75, 3.05) is 12.4 Å². The predicted octanol–water partition coefficient (Wildman–Crippen LogP) is 5.10. The van der Waals surface area contributed by atoms with Crippen molar-refractivity contribution >= 4 is 40.5 Å². The van der Waals surface area contributed by atoms with Crippen LogP contribution in [0.15, 0.2) is 53.9 Å². The lowest BCUT2D eigenvalue weighted by Crippen LogP contribution is -2.13. The number of ether oxygens (including phenoxy) is 1. The zero-order valence-electron chi connectivity index (χ0n) is 17.0. The first-order chi connectivity index (χ1) is 14.9. The van der Waals surface area contributed by atoms with E-state index in [1.165, 1.54) is 23.5 Å². The largest absolute Gasteiger partial charge is 0.497 e. The van der Waals surface area contributed by atoms with Gasteiger partial charge in [0.15, 0.2) is 10.8 Å². The molecule has 0 atom stereocenters. The maximum absolute atomic E-state index is 13.0. The highest BCUT2D eigenvalue weighted by molar-refractivity contribution is 7.13. The number of non-ortho nitro benzene ring substituents is 1. The van der Waals surface area contributed by atoms with Crippen molar-refractivity contribution in [1.82, 2.24) is 15.0 Å². The molecule has 2 N–H and O–H groups in total. The summed E-state index contributed by atoms with van der Waals surface area (Å²) in [6.45, 7) is 1.84. The van der Waals surface area contributed by atoms with Crippen LogP contribution in [0.25, 0.3) is 22.6 Å². The molecular weight excluding hydrogens is 454 g/mol. The van der Waals surface area contributed by atoms with Gasteiger partial charge in [0.2, 0.25) is 0 Å². The van der Waals surface area contributed by atoms with Crippen molar-refractivity contribution in [2.24, 2.45) is 0 Å². The number of nitrogens with zero attached hydrogens (tertiary/aromatic N) is 3. The van der Waals surface area contributed by atoms with E-state index in [-0.39, 0.29) is 23.8 Å². The summed E-state index contributed by atoms with van der Waals surface area (Å²) in [7, 11) is 1.58. The van der Waals surface area contributed by atoms with Gasteiger partial charge in [-0.15, -0.1) is 23.7 Å². The Balaban J connectivity index is 0.00000289. The molecule has 164 valence electrons. The standard InChI is InChI=1S/C21H17N5O4S.ClH/c1-12-11-31-21(22-12)25-20(27)18-17(13-5-9-16(30-2)10-6-13)23-19(24-18)14-3-7-15(8-4-14)26(28)29;/h3-11H,1-2H3,(H,23,24)(H,22,25,27);1H. The molecule has 0 radical (unpaired) electrons. The normalized spacial score (nSPS) is 10.3. The van der Waals surface area contributed by atoms with E-state index in [0.29, 0.717) is 28.0 Å². The quantitative estimate of drug-likeness (QED) is 0.298. The first kappa shape index (κ1) is 22.9. The van der Waals surface area contributed by atoms with Crippen LogP contribution in [0.5, 0.6) is 5.75 Å². The van der Waals surface area contributed by atoms with Gasteiger partial charge in [-0.2, -0.15) is 0 Å². The topological polar surface area (TPSA) is 123 Å². The Morgan fingerprint density at radius 2 is 1.75 bits per heavy atom. The minimum absolute atomic E-state index is 0. The number of hydrogen-bond donors (Lipinski definition) is 2. The van der Waals surface area contributed by atoms with E-state index in [1.54, 1.807) is 31.4 Å². The van der Waals surface area contributed by atoms with Crippen LogP contribution in [0.4, 0.5) is 10.8 Å². The molecule has 1 amide bonds. The smallest absolute Gasteiger partial charge is 0.278 e. The fraction of sp³-hybridized carbons (Fsp3) is 0.0952. The SMILES string of the molecule is COc1ccc(-c2[nH]c(-c3ccc([N+](=O)[O-])cc3)nc2C(=O)Nc2nc(C)cs2)cc1.Cl. The Labute approximate surface area is 193 Å². The molecule has 0 unspecified atom stereocenters. The lowest BCUT2D eigenvalue weighted by atomic mass is 10.1. The second-order valence-corrected chi connectivity index (χ2v) is 7.45. The number of thiazole rings is 1. The van der Waals surface area contributed by atoms with Crippen molar-refractivity contribution in [2.45, 2.75) is 6.92 Å². The van der Waals surface area contributed by atoms with Crippen LogP contribution in [0.3, 0.4) is 0 Å². The van der Waals surface area contributed by atoms with Crippen LogP contribution in [0.1, 0.15) is 16.2 Å². The summed E-state index contributed by atoms with van der Waals surface area (Å²) in [5.41, 5.74) is 2.84. The number of carbonyl (C=O) groups is 1. The Morgan fingerprint density at radius 3 is 2.31 bits per heavy atom. The number of H-pyrrole nitrogens is 1. The number of amides is 1. The molecule has 0 aliphatic carbocycles. The molecule has 0 spiro atoms. The van der Waals surface area contributed by atoms with Crippen molar-refractivity contribution in [3.8, 4) is 28.4 Å². The highest BCUT2D eigenvalue weighted by atomic mass is 35.5. The lowest BCUT2D eigenvalue weighted by molar-refractivity contribution is -0.384. The van der Waals surface area contributed by atoms with E-state index in [2.05, 4.69) is 20.3 Å². The van der Waals surface area contributed by atoms with Crippen LogP contribution in [0, 0.1) is 17.0 Å². The van der Waals surface area contributed by atoms with E-state index in [0.717, 1.165) is 11.3 Å². The minimum atomic E-state index is -0.469. The number of nitro benzene ring substituents is 1. The third-order valence-electron chi connectivity index (χ3n) is 4.49. The molecule has 4 aromatic rings. The average Bonchev–Trinajstić information content (AvgIpc) is 3.40. The molecule has 9 nitrogen and oxygen atoms in total. The van der Waals surface area contributed by atoms with E-state index in [1.807, 2.05) is 24.4 Å². The second kappa shape index (κ2) is 9.58. The molecule has 0 aliphatic rings. The third kappa shape index (κ3) is 4.76. The van der Waals surface area contributed by atoms with Crippen LogP contribution in [-0.2, 0) is 0 Å². The third-order valence-corrected chi connectivity index (χ3v) is 5.36. The first-order valence-corrected chi connectivity index (χ1v) is 10.1. The maximum atomic E-state index is 13.0. The van der Waals surface area contributed by atoms with Gasteiger partial charge in [-0.1, -0.05) is 0 Å². The number of imidazole rings is 1. The van der Waals surface area contributed by atoms with Gasteiger partial charge in [-0.05, 0) is 43.3 Å². The summed E-state index contributed by atoms with van der Waals surface area (Å²) in [4.78, 5) is 35.4. The Morgan fingerprint density at radius 1 is 1.09 bits per heavy atom. The number of halogens is 1. The highest BCUT2D eigenvalue weighted by Gasteiger charge is 2.21. The number of nitro groups is 1. The predicted molar refractivity (Wildman–Crippen MR) is 125 cm³/mol. The number of aromatic nitrogens is 3. The number of nitrogens with one attached hydrogen (secondary N) is 2. The maximum Gasteiger partial charge on any atom is 0.278 e. The zero-order chi connectivity index (χ0) is 22.0. The molecule has 4 rings (SSSR count). The molecule has 0 saturated carbocycles. The van der Waals surface area contributed by atoms with Crippen LogP contribution in [0.2, 0.25) is 0 Å². The second-order valence-electron chi connectivity index (χ2n) is 6.59. The number of carbonyl (C=O) groups excluding carboxylic acids is 1. The van der Waals surface area contributed by atoms with E-state index < -0.39 is 10.8 Å². The molecule has 0 fully saturated rings. The number of aromatic amines is 1. The molecule has 11 heteroatoms. The van der Waals surface area contributed by atoms with Crippen LogP contribution in [-0.4, -0.2) is 32.9 Å². The van der Waals surface area contributed by atoms with E-state index in [4.69, 9.17) is 4.74 Å². The zero-order valence-corrected chi connectivity index (χ0v) is 18.6. The minimum Gasteiger partial charge on any atom is -0.497 e. The van der Waals surface area contributed by atoms with Gasteiger partial charge < -0.3 is 9.72 Å². The van der Waals surface area contributed by atoms with Crippen LogP contribution >= 0.6 is 23.7 Å². The summed E-state index contributed by atoms with van der Waals surface area (Å²) in [6, 6.07) is 13.2. The van der Waals surface area contributed by atoms with Crippen molar-refractivity contribution < 1.29 is 14.5 Å². The number of aryl methyl sites for hydroxylation is 1. The first-order valence-electron chi connectivity index (χ1n) is 9.17. The van der Waals surface area contributed by atoms with Crippen molar-refractivity contribution in [3.05, 3.63) is 75.4 Å². The Kier molecular flexibility index (Phi) is 6.86. The summed E-state index contributed by atoms with van der Waals surface area (Å²) >= 11 is 1.33. The van der Waals surface area contributed by atoms with Gasteiger partial charge in [-0.3, -0.25) is 20.2 Å². The van der Waals surface area contributed by atoms with Gasteiger partial charge in [-0.25, -0.2) is 9.97 Å². The highest BCUT2D eigenvalue weighted by Crippen LogP contribution is 2.29. The van der Waals surface area contributed by atoms with Gasteiger partial charge in [0.05, 0.1) is 23.4 Å². The number of benzene rings is 2. The Hall–Kier alpha value is -3.76. The van der Waals surface area contributed by atoms with E-state index in [9.17, 15) is 14.9 Å².